The van der Waals surface area contributed by atoms with E-state index in [-0.39, 0.29) is 57.8 Å². The van der Waals surface area contributed by atoms with Crippen molar-refractivity contribution in [1.29, 1.82) is 5.26 Å². The van der Waals surface area contributed by atoms with E-state index >= 15 is 0 Å². The molecule has 0 saturated heterocycles. The van der Waals surface area contributed by atoms with E-state index in [0.717, 1.165) is 16.6 Å². The molecule has 3 aromatic carbocycles. The van der Waals surface area contributed by atoms with Gasteiger partial charge in [-0.15, -0.1) is 0 Å². The highest BCUT2D eigenvalue weighted by atomic mass is 33.1. The number of carbonyl (C=O) groups is 9. The van der Waals surface area contributed by atoms with Crippen molar-refractivity contribution in [2.45, 2.75) is 112 Å². The molecule has 0 spiro atoms. The Labute approximate surface area is 551 Å². The molecule has 14 N–H and O–H groups in total. The number of amides is 5. The first-order chi connectivity index (χ1) is 45.1. The van der Waals surface area contributed by atoms with Crippen LogP contribution in [0.4, 0.5) is 52.7 Å². The van der Waals surface area contributed by atoms with E-state index in [1.54, 1.807) is 43.3 Å². The molecule has 4 aromatic rings. The molecular weight excluding hydrogens is 1370 g/mol. The van der Waals surface area contributed by atoms with Crippen LogP contribution in [0, 0.1) is 18.3 Å². The number of carboxylic acid groups (broad SMARTS) is 4. The van der Waals surface area contributed by atoms with Crippen molar-refractivity contribution in [3.63, 3.8) is 0 Å². The van der Waals surface area contributed by atoms with Gasteiger partial charge >= 0.3 is 48.6 Å². The van der Waals surface area contributed by atoms with E-state index in [4.69, 9.17) is 66.3 Å². The van der Waals surface area contributed by atoms with Crippen LogP contribution < -0.4 is 47.9 Å². The van der Waals surface area contributed by atoms with Gasteiger partial charge in [0.15, 0.2) is 5.82 Å². The summed E-state index contributed by atoms with van der Waals surface area (Å²) in [7, 11) is 5.27. The Kier molecular flexibility index (Phi) is 33.8. The average molecular weight is 1440 g/mol. The number of alkyl halides is 12. The molecule has 1 aromatic heterocycles. The molecule has 4 bridgehead atoms. The lowest BCUT2D eigenvalue weighted by Gasteiger charge is -2.32. The molecule has 1 saturated carbocycles. The number of carboxylic acids is 4. The fraction of sp³-hybridized carbons (Fsp3) is 0.439. The van der Waals surface area contributed by atoms with Gasteiger partial charge in [-0.25, -0.2) is 29.1 Å². The zero-order valence-electron chi connectivity index (χ0n) is 51.1. The number of rotatable bonds is 19. The molecule has 2 heterocycles. The van der Waals surface area contributed by atoms with E-state index in [1.807, 2.05) is 39.8 Å². The predicted octanol–water partition coefficient (Wildman–Crippen LogP) is 5.98. The molecule has 5 amide bonds. The summed E-state index contributed by atoms with van der Waals surface area (Å²) in [6.45, 7) is 3.51. The van der Waals surface area contributed by atoms with Crippen LogP contribution in [0.2, 0.25) is 0 Å². The summed E-state index contributed by atoms with van der Waals surface area (Å²) in [6.07, 6.45) is -13.7. The number of benzene rings is 3. The first kappa shape index (κ1) is 83.9. The van der Waals surface area contributed by atoms with Crippen molar-refractivity contribution in [2.75, 3.05) is 46.4 Å². The van der Waals surface area contributed by atoms with E-state index in [9.17, 15) is 81.9 Å². The number of hydrogen-bond donors (Lipinski definition) is 11. The van der Waals surface area contributed by atoms with Gasteiger partial charge < -0.3 is 73.3 Å². The monoisotopic (exact) mass is 1440 g/mol. The summed E-state index contributed by atoms with van der Waals surface area (Å²) < 4.78 is 139. The molecule has 97 heavy (non-hydrogen) atoms. The van der Waals surface area contributed by atoms with Gasteiger partial charge in [0.2, 0.25) is 23.6 Å². The van der Waals surface area contributed by atoms with Gasteiger partial charge in [-0.1, -0.05) is 70.8 Å². The van der Waals surface area contributed by atoms with Crippen molar-refractivity contribution < 1.29 is 126 Å². The number of nitrogens with two attached hydrogens (primary N) is 3. The number of carbonyl (C=O) groups excluding carboxylic acids is 5. The second kappa shape index (κ2) is 39.1. The summed E-state index contributed by atoms with van der Waals surface area (Å²) in [4.78, 5) is 116. The van der Waals surface area contributed by atoms with E-state index < -0.39 is 102 Å². The fourth-order valence-electron chi connectivity index (χ4n) is 8.13. The molecule has 0 unspecified atom stereocenters. The second-order valence-corrected chi connectivity index (χ2v) is 22.7. The Morgan fingerprint density at radius 3 is 1.69 bits per heavy atom. The van der Waals surface area contributed by atoms with Crippen molar-refractivity contribution in [3.8, 4) is 40.1 Å². The lowest BCUT2D eigenvalue weighted by molar-refractivity contribution is -0.193. The molecule has 40 heteroatoms. The third-order valence-electron chi connectivity index (χ3n) is 12.8. The minimum Gasteiger partial charge on any atom is -0.492 e. The number of ether oxygens (including phenoxy) is 2. The van der Waals surface area contributed by atoms with E-state index in [1.165, 1.54) is 56.3 Å². The molecule has 1 aliphatic carbocycles. The number of nitrogens with zero attached hydrogens (tertiary/aromatic N) is 4. The van der Waals surface area contributed by atoms with Crippen LogP contribution in [0.1, 0.15) is 77.8 Å². The SMILES string of the molecule is Cc1nc(-c2ccc(CSSC3CCCC3)cc2)ncc1C(=O)N[C@@H](CCN)C(=O)N(C)[C@@H]1C(=O)N[C@@H](C)C(=O)N[C@H](C(=O)NCC#N)Cc2ccc(OCCN)c(c2)-c2cc1ccc2OCCN.O=C(O)C(F)(F)F.O=C(O)C(F)(F)F.O=C(O)C(F)(F)F.O=C(O)C(F)(F)F. The number of nitrogens with one attached hydrogen (secondary N) is 4. The summed E-state index contributed by atoms with van der Waals surface area (Å²) >= 11 is 0. The molecule has 2 aliphatic rings. The highest BCUT2D eigenvalue weighted by Crippen LogP contribution is 2.41. The molecular formula is C57H65F12N11O15S2. The fourth-order valence-corrected chi connectivity index (χ4v) is 11.0. The molecule has 6 rings (SSSR count). The lowest BCUT2D eigenvalue weighted by Crippen LogP contribution is -2.56. The van der Waals surface area contributed by atoms with Gasteiger partial charge in [0, 0.05) is 60.4 Å². The molecule has 26 nitrogen and oxygen atoms in total. The molecule has 534 valence electrons. The van der Waals surface area contributed by atoms with Crippen LogP contribution in [0.3, 0.4) is 0 Å². The number of fused-ring (bicyclic) bond motifs is 5. The second-order valence-electron chi connectivity index (χ2n) is 20.1. The number of nitriles is 1. The van der Waals surface area contributed by atoms with Gasteiger partial charge in [0.1, 0.15) is 55.4 Å². The quantitative estimate of drug-likeness (QED) is 0.0292. The number of likely N-dealkylation sites (N-methyl/N-ethyl adjacent to an activating group) is 1. The Bertz CT molecular complexity index is 3300. The molecule has 4 atom stereocenters. The molecule has 0 radical (unpaired) electrons. The lowest BCUT2D eigenvalue weighted by atomic mass is 9.93. The molecule has 1 fully saturated rings. The minimum absolute atomic E-state index is 0.00312. The van der Waals surface area contributed by atoms with Crippen LogP contribution in [-0.2, 0) is 50.5 Å². The average Bonchev–Trinajstić information content (AvgIpc) is 0.892. The topological polar surface area (TPSA) is 432 Å². The number of halogens is 12. The van der Waals surface area contributed by atoms with Gasteiger partial charge in [-0.3, -0.25) is 24.0 Å². The summed E-state index contributed by atoms with van der Waals surface area (Å²) in [5, 5.41) is 49.2. The maximum atomic E-state index is 14.7. The zero-order valence-corrected chi connectivity index (χ0v) is 52.7. The molecule has 1 aliphatic heterocycles. The number of aromatic nitrogens is 2. The van der Waals surface area contributed by atoms with Gasteiger partial charge in [-0.2, -0.15) is 57.9 Å². The Morgan fingerprint density at radius 1 is 0.732 bits per heavy atom. The minimum atomic E-state index is -5.08. The summed E-state index contributed by atoms with van der Waals surface area (Å²) in [6, 6.07) is 15.1. The van der Waals surface area contributed by atoms with Crippen molar-refractivity contribution in [3.05, 3.63) is 94.8 Å². The van der Waals surface area contributed by atoms with Gasteiger partial charge in [0.05, 0.1) is 17.3 Å². The van der Waals surface area contributed by atoms with Crippen LogP contribution in [0.25, 0.3) is 22.5 Å². The smallest absolute Gasteiger partial charge is 0.490 e. The Morgan fingerprint density at radius 2 is 1.23 bits per heavy atom. The highest BCUT2D eigenvalue weighted by Gasteiger charge is 2.41. The van der Waals surface area contributed by atoms with E-state index in [0.29, 0.717) is 45.3 Å². The number of aliphatic carboxylic acids is 4. The normalized spacial score (nSPS) is 15.8. The highest BCUT2D eigenvalue weighted by molar-refractivity contribution is 8.76. The van der Waals surface area contributed by atoms with E-state index in [2.05, 4.69) is 43.4 Å². The first-order valence-corrected chi connectivity index (χ1v) is 30.4. The van der Waals surface area contributed by atoms with Crippen LogP contribution >= 0.6 is 21.6 Å². The largest absolute Gasteiger partial charge is 0.492 e. The summed E-state index contributed by atoms with van der Waals surface area (Å²) in [5.41, 5.74) is 22.1. The predicted molar refractivity (Wildman–Crippen MR) is 321 cm³/mol. The first-order valence-electron chi connectivity index (χ1n) is 28.0. The zero-order chi connectivity index (χ0) is 73.8. The maximum Gasteiger partial charge on any atom is 0.490 e. The third-order valence-corrected chi connectivity index (χ3v) is 15.7. The Balaban J connectivity index is 0.000000950. The van der Waals surface area contributed by atoms with Crippen LogP contribution in [0.5, 0.6) is 11.5 Å². The standard InChI is InChI=1S/C49H61N11O7S2.4C2HF3O2/c1-29-38(27-55-44(56-29)33-11-8-31(9-12-33)28-68-69-35-6-4-5-7-35)46(62)58-39(16-17-50)49(65)60(3)43-34-13-15-42(67-23-20-53)37(26-34)36-24-32(10-14-41(36)66-22-19-52)25-40(47(63)54-21-18-51)59-45(61)30(2)57-48(43)64;4*3-2(4,5)1(6)7/h8-15,24,26-27,30,35,39-40,43H,4-7,16-17,19-23,25,28,50,52-53H2,1-3H3,(H,54,63)(H,57,64)(H,58,62)(H,59,61);4*(H,6,7)/t30-,39-,40-,43-;;;;/m0..../s1. The van der Waals surface area contributed by atoms with Gasteiger partial charge in [-0.05, 0) is 80.6 Å². The van der Waals surface area contributed by atoms with Gasteiger partial charge in [0.25, 0.3) is 5.91 Å². The van der Waals surface area contributed by atoms with Crippen molar-refractivity contribution in [1.82, 2.24) is 36.1 Å². The Hall–Kier alpha value is -9.20. The van der Waals surface area contributed by atoms with Crippen molar-refractivity contribution >= 4 is 75.0 Å². The number of hydrogen-bond acceptors (Lipinski definition) is 19. The third kappa shape index (κ3) is 28.6. The summed E-state index contributed by atoms with van der Waals surface area (Å²) in [5.74, 6) is -12.3. The number of aryl methyl sites for hydroxylation is 1. The van der Waals surface area contributed by atoms with Crippen LogP contribution in [-0.4, -0.2) is 183 Å². The van der Waals surface area contributed by atoms with Crippen LogP contribution in [0.15, 0.2) is 66.9 Å². The maximum absolute atomic E-state index is 14.7. The van der Waals surface area contributed by atoms with Crippen molar-refractivity contribution in [2.24, 2.45) is 17.2 Å².